The third-order valence-electron chi connectivity index (χ3n) is 2.94. The molecule has 21 heavy (non-hydrogen) atoms. The summed E-state index contributed by atoms with van der Waals surface area (Å²) >= 11 is 6.11. The van der Waals surface area contributed by atoms with Gasteiger partial charge in [0, 0.05) is 12.1 Å². The van der Waals surface area contributed by atoms with Crippen molar-refractivity contribution in [3.05, 3.63) is 58.6 Å². The van der Waals surface area contributed by atoms with E-state index < -0.39 is 5.91 Å². The first-order chi connectivity index (χ1) is 10.1. The lowest BCUT2D eigenvalue weighted by Crippen LogP contribution is -2.11. The maximum atomic E-state index is 11.2. The molecule has 0 aliphatic carbocycles. The second kappa shape index (κ2) is 6.99. The van der Waals surface area contributed by atoms with E-state index in [4.69, 9.17) is 22.1 Å². The third-order valence-corrected chi connectivity index (χ3v) is 3.27. The van der Waals surface area contributed by atoms with Gasteiger partial charge in [0.05, 0.1) is 17.3 Å². The number of benzene rings is 2. The molecule has 2 rings (SSSR count). The molecular weight excluding hydrogens is 288 g/mol. The number of carbonyl (C=O) groups is 1. The van der Waals surface area contributed by atoms with Crippen LogP contribution in [0.25, 0.3) is 0 Å². The highest BCUT2D eigenvalue weighted by atomic mass is 35.5. The van der Waals surface area contributed by atoms with Crippen molar-refractivity contribution >= 4 is 23.2 Å². The molecule has 0 bridgehead atoms. The molecule has 0 fully saturated rings. The molecule has 4 nitrogen and oxygen atoms in total. The SMILES string of the molecule is CCOc1cccc(CNc2cc(C(N)=O)ccc2Cl)c1. The quantitative estimate of drug-likeness (QED) is 0.859. The second-order valence-corrected chi connectivity index (χ2v) is 4.90. The maximum absolute atomic E-state index is 11.2. The second-order valence-electron chi connectivity index (χ2n) is 4.49. The number of rotatable bonds is 6. The number of ether oxygens (including phenoxy) is 1. The Balaban J connectivity index is 2.10. The summed E-state index contributed by atoms with van der Waals surface area (Å²) in [6.07, 6.45) is 0. The molecule has 1 amide bonds. The lowest BCUT2D eigenvalue weighted by atomic mass is 10.1. The summed E-state index contributed by atoms with van der Waals surface area (Å²) in [5.41, 5.74) is 7.42. The number of nitrogens with two attached hydrogens (primary N) is 1. The molecule has 5 heteroatoms. The van der Waals surface area contributed by atoms with E-state index in [0.29, 0.717) is 29.4 Å². The number of primary amides is 1. The maximum Gasteiger partial charge on any atom is 0.248 e. The monoisotopic (exact) mass is 304 g/mol. The lowest BCUT2D eigenvalue weighted by Gasteiger charge is -2.11. The molecule has 0 saturated carbocycles. The van der Waals surface area contributed by atoms with E-state index in [9.17, 15) is 4.79 Å². The molecular formula is C16H17ClN2O2. The molecule has 3 N–H and O–H groups in total. The number of halogens is 1. The van der Waals surface area contributed by atoms with Crippen LogP contribution in [-0.2, 0) is 6.54 Å². The van der Waals surface area contributed by atoms with Crippen molar-refractivity contribution in [2.75, 3.05) is 11.9 Å². The Morgan fingerprint density at radius 3 is 2.81 bits per heavy atom. The van der Waals surface area contributed by atoms with Gasteiger partial charge in [-0.1, -0.05) is 23.7 Å². The highest BCUT2D eigenvalue weighted by molar-refractivity contribution is 6.33. The predicted octanol–water partition coefficient (Wildman–Crippen LogP) is 3.45. The lowest BCUT2D eigenvalue weighted by molar-refractivity contribution is 0.100. The number of anilines is 1. The summed E-state index contributed by atoms with van der Waals surface area (Å²) in [5, 5.41) is 3.74. The Morgan fingerprint density at radius 2 is 2.10 bits per heavy atom. The van der Waals surface area contributed by atoms with Crippen LogP contribution in [0.1, 0.15) is 22.8 Å². The fourth-order valence-corrected chi connectivity index (χ4v) is 2.11. The van der Waals surface area contributed by atoms with Crippen LogP contribution >= 0.6 is 11.6 Å². The van der Waals surface area contributed by atoms with Gasteiger partial charge in [-0.3, -0.25) is 4.79 Å². The van der Waals surface area contributed by atoms with E-state index in [-0.39, 0.29) is 0 Å². The fourth-order valence-electron chi connectivity index (χ4n) is 1.92. The van der Waals surface area contributed by atoms with Crippen molar-refractivity contribution in [1.82, 2.24) is 0 Å². The van der Waals surface area contributed by atoms with Crippen molar-refractivity contribution in [2.45, 2.75) is 13.5 Å². The first-order valence-corrected chi connectivity index (χ1v) is 7.03. The van der Waals surface area contributed by atoms with Crippen LogP contribution in [0.3, 0.4) is 0 Å². The highest BCUT2D eigenvalue weighted by Gasteiger charge is 2.06. The van der Waals surface area contributed by atoms with E-state index in [2.05, 4.69) is 5.32 Å². The van der Waals surface area contributed by atoms with Crippen LogP contribution in [0.15, 0.2) is 42.5 Å². The van der Waals surface area contributed by atoms with Crippen LogP contribution in [0.4, 0.5) is 5.69 Å². The van der Waals surface area contributed by atoms with E-state index in [1.165, 1.54) is 0 Å². The summed E-state index contributed by atoms with van der Waals surface area (Å²) in [6, 6.07) is 12.7. The van der Waals surface area contributed by atoms with Gasteiger partial charge in [0.15, 0.2) is 0 Å². The van der Waals surface area contributed by atoms with Gasteiger partial charge in [0.1, 0.15) is 5.75 Å². The Morgan fingerprint density at radius 1 is 1.29 bits per heavy atom. The number of hydrogen-bond acceptors (Lipinski definition) is 3. The van der Waals surface area contributed by atoms with Crippen molar-refractivity contribution in [2.24, 2.45) is 5.73 Å². The molecule has 0 heterocycles. The molecule has 0 aromatic heterocycles. The van der Waals surface area contributed by atoms with Crippen molar-refractivity contribution in [1.29, 1.82) is 0 Å². The standard InChI is InChI=1S/C16H17ClN2O2/c1-2-21-13-5-3-4-11(8-13)10-19-15-9-12(16(18)20)6-7-14(15)17/h3-9,19H,2,10H2,1H3,(H2,18,20). The first kappa shape index (κ1) is 15.2. The van der Waals surface area contributed by atoms with Gasteiger partial charge in [0.25, 0.3) is 0 Å². The summed E-state index contributed by atoms with van der Waals surface area (Å²) in [5.74, 6) is 0.349. The fraction of sp³-hybridized carbons (Fsp3) is 0.188. The van der Waals surface area contributed by atoms with Crippen molar-refractivity contribution in [3.63, 3.8) is 0 Å². The summed E-state index contributed by atoms with van der Waals surface area (Å²) in [6.45, 7) is 3.15. The van der Waals surface area contributed by atoms with Gasteiger partial charge in [-0.25, -0.2) is 0 Å². The largest absolute Gasteiger partial charge is 0.494 e. The van der Waals surface area contributed by atoms with Gasteiger partial charge < -0.3 is 15.8 Å². The van der Waals surface area contributed by atoms with E-state index >= 15 is 0 Å². The third kappa shape index (κ3) is 4.13. The van der Waals surface area contributed by atoms with Crippen LogP contribution in [0.5, 0.6) is 5.75 Å². The van der Waals surface area contributed by atoms with Gasteiger partial charge in [-0.15, -0.1) is 0 Å². The van der Waals surface area contributed by atoms with Gasteiger partial charge in [-0.2, -0.15) is 0 Å². The van der Waals surface area contributed by atoms with Crippen LogP contribution in [0, 0.1) is 0 Å². The Hall–Kier alpha value is -2.20. The van der Waals surface area contributed by atoms with Gasteiger partial charge in [0.2, 0.25) is 5.91 Å². The Labute approximate surface area is 128 Å². The summed E-state index contributed by atoms with van der Waals surface area (Å²) < 4.78 is 5.46. The average molecular weight is 305 g/mol. The molecule has 2 aromatic carbocycles. The van der Waals surface area contributed by atoms with Gasteiger partial charge >= 0.3 is 0 Å². The van der Waals surface area contributed by atoms with Crippen LogP contribution in [0.2, 0.25) is 5.02 Å². The molecule has 0 unspecified atom stereocenters. The molecule has 0 atom stereocenters. The highest BCUT2D eigenvalue weighted by Crippen LogP contribution is 2.24. The number of carbonyl (C=O) groups excluding carboxylic acids is 1. The predicted molar refractivity (Wildman–Crippen MR) is 84.9 cm³/mol. The zero-order valence-corrected chi connectivity index (χ0v) is 12.5. The molecule has 0 saturated heterocycles. The van der Waals surface area contributed by atoms with E-state index in [1.54, 1.807) is 18.2 Å². The molecule has 0 aliphatic rings. The zero-order chi connectivity index (χ0) is 15.2. The van der Waals surface area contributed by atoms with E-state index in [1.807, 2.05) is 31.2 Å². The van der Waals surface area contributed by atoms with E-state index in [0.717, 1.165) is 11.3 Å². The Bertz CT molecular complexity index is 644. The molecule has 2 aromatic rings. The van der Waals surface area contributed by atoms with Crippen LogP contribution < -0.4 is 15.8 Å². The average Bonchev–Trinajstić information content (AvgIpc) is 2.47. The van der Waals surface area contributed by atoms with Crippen molar-refractivity contribution in [3.8, 4) is 5.75 Å². The molecule has 0 aliphatic heterocycles. The number of amides is 1. The minimum Gasteiger partial charge on any atom is -0.494 e. The molecule has 0 radical (unpaired) electrons. The number of hydrogen-bond donors (Lipinski definition) is 2. The van der Waals surface area contributed by atoms with Gasteiger partial charge in [-0.05, 0) is 42.8 Å². The smallest absolute Gasteiger partial charge is 0.248 e. The van der Waals surface area contributed by atoms with Crippen LogP contribution in [-0.4, -0.2) is 12.5 Å². The number of nitrogens with one attached hydrogen (secondary N) is 1. The normalized spacial score (nSPS) is 10.2. The molecule has 110 valence electrons. The topological polar surface area (TPSA) is 64.3 Å². The minimum absolute atomic E-state index is 0.421. The van der Waals surface area contributed by atoms with Crippen molar-refractivity contribution < 1.29 is 9.53 Å². The summed E-state index contributed by atoms with van der Waals surface area (Å²) in [7, 11) is 0. The minimum atomic E-state index is -0.479. The zero-order valence-electron chi connectivity index (χ0n) is 11.7. The summed E-state index contributed by atoms with van der Waals surface area (Å²) in [4.78, 5) is 11.2. The Kier molecular flexibility index (Phi) is 5.06. The molecule has 0 spiro atoms. The first-order valence-electron chi connectivity index (χ1n) is 6.65.